The molecule has 0 spiro atoms. The van der Waals surface area contributed by atoms with Gasteiger partial charge in [-0.1, -0.05) is 6.92 Å². The summed E-state index contributed by atoms with van der Waals surface area (Å²) in [5.74, 6) is 0.876. The first kappa shape index (κ1) is 16.8. The Morgan fingerprint density at radius 1 is 1.24 bits per heavy atom. The van der Waals surface area contributed by atoms with Gasteiger partial charge in [-0.05, 0) is 55.8 Å². The molecule has 0 bridgehead atoms. The van der Waals surface area contributed by atoms with Gasteiger partial charge in [0, 0.05) is 11.3 Å². The first-order chi connectivity index (χ1) is 12.1. The SMILES string of the molecule is CCCOc1ccc(C(=O)Nc2ccc3c(c2)NC(=O)[C@H](C)O3)cc1. The normalized spacial score (nSPS) is 15.6. The van der Waals surface area contributed by atoms with Crippen LogP contribution in [0.1, 0.15) is 30.6 Å². The number of nitrogens with one attached hydrogen (secondary N) is 2. The lowest BCUT2D eigenvalue weighted by Gasteiger charge is -2.23. The monoisotopic (exact) mass is 340 g/mol. The second-order valence-corrected chi connectivity index (χ2v) is 5.79. The summed E-state index contributed by atoms with van der Waals surface area (Å²) in [5.41, 5.74) is 1.65. The Kier molecular flexibility index (Phi) is 4.88. The summed E-state index contributed by atoms with van der Waals surface area (Å²) in [7, 11) is 0. The third-order valence-electron chi connectivity index (χ3n) is 3.76. The molecule has 2 aromatic rings. The second kappa shape index (κ2) is 7.25. The summed E-state index contributed by atoms with van der Waals surface area (Å²) < 4.78 is 11.0. The average molecular weight is 340 g/mol. The molecule has 0 radical (unpaired) electrons. The van der Waals surface area contributed by atoms with Crippen molar-refractivity contribution >= 4 is 23.2 Å². The Labute approximate surface area is 146 Å². The van der Waals surface area contributed by atoms with E-state index in [1.807, 2.05) is 6.92 Å². The van der Waals surface area contributed by atoms with Gasteiger partial charge >= 0.3 is 0 Å². The average Bonchev–Trinajstić information content (AvgIpc) is 2.61. The minimum absolute atomic E-state index is 0.210. The van der Waals surface area contributed by atoms with Crippen molar-refractivity contribution in [2.24, 2.45) is 0 Å². The largest absolute Gasteiger partial charge is 0.494 e. The molecule has 3 rings (SSSR count). The summed E-state index contributed by atoms with van der Waals surface area (Å²) in [4.78, 5) is 24.0. The first-order valence-electron chi connectivity index (χ1n) is 8.22. The van der Waals surface area contributed by atoms with Crippen LogP contribution in [0.25, 0.3) is 0 Å². The summed E-state index contributed by atoms with van der Waals surface area (Å²) in [6.45, 7) is 4.36. The van der Waals surface area contributed by atoms with E-state index in [0.717, 1.165) is 12.2 Å². The van der Waals surface area contributed by atoms with Crippen LogP contribution in [-0.2, 0) is 4.79 Å². The highest BCUT2D eigenvalue weighted by atomic mass is 16.5. The standard InChI is InChI=1S/C19H20N2O4/c1-3-10-24-15-7-4-13(5-8-15)19(23)20-14-6-9-17-16(11-14)21-18(22)12(2)25-17/h4-9,11-12H,3,10H2,1-2H3,(H,20,23)(H,21,22)/t12-/m0/s1. The zero-order chi connectivity index (χ0) is 17.8. The van der Waals surface area contributed by atoms with E-state index >= 15 is 0 Å². The molecule has 0 aromatic heterocycles. The number of fused-ring (bicyclic) bond motifs is 1. The zero-order valence-electron chi connectivity index (χ0n) is 14.2. The molecular weight excluding hydrogens is 320 g/mol. The Morgan fingerprint density at radius 3 is 2.72 bits per heavy atom. The number of rotatable bonds is 5. The fourth-order valence-electron chi connectivity index (χ4n) is 2.41. The molecule has 0 aliphatic carbocycles. The van der Waals surface area contributed by atoms with Gasteiger partial charge in [0.15, 0.2) is 6.10 Å². The van der Waals surface area contributed by atoms with Crippen molar-refractivity contribution in [3.63, 3.8) is 0 Å². The third kappa shape index (κ3) is 3.91. The smallest absolute Gasteiger partial charge is 0.265 e. The van der Waals surface area contributed by atoms with E-state index in [4.69, 9.17) is 9.47 Å². The van der Waals surface area contributed by atoms with Crippen LogP contribution in [-0.4, -0.2) is 24.5 Å². The van der Waals surface area contributed by atoms with Crippen molar-refractivity contribution in [2.45, 2.75) is 26.4 Å². The van der Waals surface area contributed by atoms with Crippen molar-refractivity contribution in [2.75, 3.05) is 17.2 Å². The van der Waals surface area contributed by atoms with Gasteiger partial charge in [-0.25, -0.2) is 0 Å². The van der Waals surface area contributed by atoms with Crippen LogP contribution in [0.4, 0.5) is 11.4 Å². The molecule has 2 N–H and O–H groups in total. The molecule has 1 aliphatic rings. The molecule has 6 heteroatoms. The summed E-state index contributed by atoms with van der Waals surface area (Å²) >= 11 is 0. The molecule has 0 saturated carbocycles. The number of carbonyl (C=O) groups excluding carboxylic acids is 2. The van der Waals surface area contributed by atoms with Crippen LogP contribution in [0.2, 0.25) is 0 Å². The second-order valence-electron chi connectivity index (χ2n) is 5.79. The van der Waals surface area contributed by atoms with E-state index in [2.05, 4.69) is 10.6 Å². The van der Waals surface area contributed by atoms with Gasteiger partial charge in [0.2, 0.25) is 0 Å². The lowest BCUT2D eigenvalue weighted by atomic mass is 10.1. The minimum Gasteiger partial charge on any atom is -0.494 e. The molecular formula is C19H20N2O4. The van der Waals surface area contributed by atoms with Gasteiger partial charge in [0.25, 0.3) is 11.8 Å². The molecule has 1 heterocycles. The van der Waals surface area contributed by atoms with Crippen LogP contribution >= 0.6 is 0 Å². The van der Waals surface area contributed by atoms with Crippen molar-refractivity contribution < 1.29 is 19.1 Å². The Hall–Kier alpha value is -3.02. The predicted octanol–water partition coefficient (Wildman–Crippen LogP) is 3.45. The fraction of sp³-hybridized carbons (Fsp3) is 0.263. The maximum atomic E-state index is 12.4. The molecule has 130 valence electrons. The van der Waals surface area contributed by atoms with Crippen molar-refractivity contribution in [1.29, 1.82) is 0 Å². The van der Waals surface area contributed by atoms with E-state index in [0.29, 0.717) is 29.3 Å². The van der Waals surface area contributed by atoms with Crippen molar-refractivity contribution in [3.05, 3.63) is 48.0 Å². The molecule has 0 fully saturated rings. The van der Waals surface area contributed by atoms with E-state index < -0.39 is 6.10 Å². The maximum absolute atomic E-state index is 12.4. The highest BCUT2D eigenvalue weighted by Crippen LogP contribution is 2.32. The maximum Gasteiger partial charge on any atom is 0.265 e. The van der Waals surface area contributed by atoms with E-state index in [9.17, 15) is 9.59 Å². The zero-order valence-corrected chi connectivity index (χ0v) is 14.2. The summed E-state index contributed by atoms with van der Waals surface area (Å²) in [6.07, 6.45) is 0.404. The van der Waals surface area contributed by atoms with Gasteiger partial charge in [-0.3, -0.25) is 9.59 Å². The third-order valence-corrected chi connectivity index (χ3v) is 3.76. The predicted molar refractivity (Wildman–Crippen MR) is 95.3 cm³/mol. The Balaban J connectivity index is 1.69. The number of carbonyl (C=O) groups is 2. The molecule has 0 unspecified atom stereocenters. The topological polar surface area (TPSA) is 76.7 Å². The van der Waals surface area contributed by atoms with E-state index in [1.165, 1.54) is 0 Å². The molecule has 2 aromatic carbocycles. The number of anilines is 2. The summed E-state index contributed by atoms with van der Waals surface area (Å²) in [6, 6.07) is 12.1. The van der Waals surface area contributed by atoms with Crippen molar-refractivity contribution in [1.82, 2.24) is 0 Å². The van der Waals surface area contributed by atoms with Crippen LogP contribution in [0.5, 0.6) is 11.5 Å². The summed E-state index contributed by atoms with van der Waals surface area (Å²) in [5, 5.41) is 5.57. The number of amides is 2. The fourth-order valence-corrected chi connectivity index (χ4v) is 2.41. The van der Waals surface area contributed by atoms with Crippen LogP contribution in [0.3, 0.4) is 0 Å². The van der Waals surface area contributed by atoms with E-state index in [1.54, 1.807) is 49.4 Å². The van der Waals surface area contributed by atoms with Gasteiger partial charge in [0.1, 0.15) is 11.5 Å². The van der Waals surface area contributed by atoms with Crippen LogP contribution in [0.15, 0.2) is 42.5 Å². The minimum atomic E-state index is -0.526. The lowest BCUT2D eigenvalue weighted by Crippen LogP contribution is -2.34. The highest BCUT2D eigenvalue weighted by Gasteiger charge is 2.23. The molecule has 2 amide bonds. The molecule has 6 nitrogen and oxygen atoms in total. The quantitative estimate of drug-likeness (QED) is 0.874. The first-order valence-corrected chi connectivity index (χ1v) is 8.22. The number of benzene rings is 2. The molecule has 1 aliphatic heterocycles. The van der Waals surface area contributed by atoms with Crippen LogP contribution < -0.4 is 20.1 Å². The van der Waals surface area contributed by atoms with Crippen LogP contribution in [0, 0.1) is 0 Å². The number of hydrogen-bond acceptors (Lipinski definition) is 4. The van der Waals surface area contributed by atoms with Gasteiger partial charge in [0.05, 0.1) is 12.3 Å². The lowest BCUT2D eigenvalue weighted by molar-refractivity contribution is -0.122. The van der Waals surface area contributed by atoms with E-state index in [-0.39, 0.29) is 11.8 Å². The highest BCUT2D eigenvalue weighted by molar-refractivity contribution is 6.05. The Morgan fingerprint density at radius 2 is 2.00 bits per heavy atom. The molecule has 25 heavy (non-hydrogen) atoms. The number of hydrogen-bond donors (Lipinski definition) is 2. The van der Waals surface area contributed by atoms with Gasteiger partial charge in [-0.15, -0.1) is 0 Å². The van der Waals surface area contributed by atoms with Gasteiger partial charge < -0.3 is 20.1 Å². The molecule has 0 saturated heterocycles. The van der Waals surface area contributed by atoms with Crippen molar-refractivity contribution in [3.8, 4) is 11.5 Å². The number of ether oxygens (including phenoxy) is 2. The van der Waals surface area contributed by atoms with Gasteiger partial charge in [-0.2, -0.15) is 0 Å². The Bertz CT molecular complexity index is 787. The molecule has 1 atom stereocenters.